The van der Waals surface area contributed by atoms with Crippen LogP contribution in [0.1, 0.15) is 64.4 Å². The maximum absolute atomic E-state index is 11.8. The lowest BCUT2D eigenvalue weighted by molar-refractivity contribution is 0.252. The predicted molar refractivity (Wildman–Crippen MR) is 153 cm³/mol. The number of amides is 2. The van der Waals surface area contributed by atoms with Crippen LogP contribution in [0.25, 0.3) is 5.57 Å². The van der Waals surface area contributed by atoms with Gasteiger partial charge in [0.25, 0.3) is 0 Å². The fourth-order valence-corrected chi connectivity index (χ4v) is 3.50. The minimum atomic E-state index is -0.245. The van der Waals surface area contributed by atoms with Crippen LogP contribution < -0.4 is 21.3 Å². The Morgan fingerprint density at radius 3 is 2.34 bits per heavy atom. The first kappa shape index (κ1) is 26.6. The molecule has 2 heterocycles. The molecule has 10 heteroatoms. The summed E-state index contributed by atoms with van der Waals surface area (Å²) in [5.41, 5.74) is 4.77. The van der Waals surface area contributed by atoms with E-state index in [0.29, 0.717) is 41.7 Å². The van der Waals surface area contributed by atoms with Crippen molar-refractivity contribution in [1.82, 2.24) is 30.5 Å². The Bertz CT molecular complexity index is 1330. The summed E-state index contributed by atoms with van der Waals surface area (Å²) in [6, 6.07) is 9.07. The number of carbonyl (C=O) groups is 1. The summed E-state index contributed by atoms with van der Waals surface area (Å²) in [7, 11) is 0. The van der Waals surface area contributed by atoms with Gasteiger partial charge in [0.15, 0.2) is 11.6 Å². The molecule has 38 heavy (non-hydrogen) atoms. The van der Waals surface area contributed by atoms with E-state index in [1.165, 1.54) is 18.4 Å². The highest BCUT2D eigenvalue weighted by Gasteiger charge is 2.25. The molecule has 1 aliphatic carbocycles. The molecular formula is C28H35N9O. The van der Waals surface area contributed by atoms with Gasteiger partial charge in [-0.15, -0.1) is 0 Å². The first-order chi connectivity index (χ1) is 18.4. The lowest BCUT2D eigenvalue weighted by Crippen LogP contribution is -2.28. The highest BCUT2D eigenvalue weighted by Crippen LogP contribution is 2.39. The number of nitrogens with zero attached hydrogens (tertiary/aromatic N) is 4. The molecule has 1 aromatic carbocycles. The van der Waals surface area contributed by atoms with Crippen LogP contribution in [0.2, 0.25) is 0 Å². The normalized spacial score (nSPS) is 14.0. The highest BCUT2D eigenvalue weighted by molar-refractivity contribution is 5.89. The smallest absolute Gasteiger partial charge is 0.319 e. The van der Waals surface area contributed by atoms with Crippen LogP contribution in [0.15, 0.2) is 60.2 Å². The zero-order chi connectivity index (χ0) is 26.9. The summed E-state index contributed by atoms with van der Waals surface area (Å²) in [4.78, 5) is 25.6. The van der Waals surface area contributed by atoms with E-state index < -0.39 is 0 Å². The average Bonchev–Trinajstić information content (AvgIpc) is 3.66. The number of anilines is 5. The van der Waals surface area contributed by atoms with Crippen molar-refractivity contribution in [1.29, 1.82) is 0 Å². The Balaban J connectivity index is 1.55. The van der Waals surface area contributed by atoms with Gasteiger partial charge in [-0.05, 0) is 69.9 Å². The Morgan fingerprint density at radius 2 is 1.66 bits per heavy atom. The van der Waals surface area contributed by atoms with E-state index in [-0.39, 0.29) is 6.03 Å². The van der Waals surface area contributed by atoms with E-state index in [1.54, 1.807) is 0 Å². The third-order valence-electron chi connectivity index (χ3n) is 5.97. The molecule has 0 aliphatic heterocycles. The fraction of sp³-hybridized carbons (Fsp3) is 0.321. The van der Waals surface area contributed by atoms with Gasteiger partial charge in [0.2, 0.25) is 11.9 Å². The Kier molecular flexibility index (Phi) is 8.86. The SMILES string of the molecule is CCNC(=O)Nc1ccc(Nc2nc(Nc3cc(C4CC4)[nH]n3)nc(/C(C)=C/C=C\C=C(C)CC)n2)cc1. The Labute approximate surface area is 223 Å². The molecule has 0 saturated heterocycles. The fourth-order valence-electron chi connectivity index (χ4n) is 3.50. The van der Waals surface area contributed by atoms with E-state index in [9.17, 15) is 4.79 Å². The zero-order valence-electron chi connectivity index (χ0n) is 22.3. The monoisotopic (exact) mass is 513 g/mol. The van der Waals surface area contributed by atoms with Crippen molar-refractivity contribution in [2.75, 3.05) is 22.5 Å². The number of benzene rings is 1. The van der Waals surface area contributed by atoms with Crippen molar-refractivity contribution in [3.8, 4) is 0 Å². The molecule has 0 atom stereocenters. The molecule has 0 unspecified atom stereocenters. The number of aromatic nitrogens is 5. The van der Waals surface area contributed by atoms with Crippen molar-refractivity contribution in [3.63, 3.8) is 0 Å². The van der Waals surface area contributed by atoms with Gasteiger partial charge in [0, 0.05) is 35.6 Å². The molecule has 1 aliphatic rings. The number of nitrogens with one attached hydrogen (secondary N) is 5. The van der Waals surface area contributed by atoms with Crippen LogP contribution in [-0.4, -0.2) is 37.7 Å². The quantitative estimate of drug-likeness (QED) is 0.187. The van der Waals surface area contributed by atoms with Gasteiger partial charge in [0.1, 0.15) is 0 Å². The van der Waals surface area contributed by atoms with E-state index in [0.717, 1.165) is 23.4 Å². The molecule has 10 nitrogen and oxygen atoms in total. The number of hydrogen-bond donors (Lipinski definition) is 5. The van der Waals surface area contributed by atoms with Crippen LogP contribution in [0.5, 0.6) is 0 Å². The second-order valence-corrected chi connectivity index (χ2v) is 9.20. The number of rotatable bonds is 11. The molecular weight excluding hydrogens is 478 g/mol. The molecule has 2 amide bonds. The lowest BCUT2D eigenvalue weighted by Gasteiger charge is -2.11. The van der Waals surface area contributed by atoms with Crippen molar-refractivity contribution in [3.05, 3.63) is 71.7 Å². The van der Waals surface area contributed by atoms with Crippen molar-refractivity contribution in [2.24, 2.45) is 0 Å². The van der Waals surface area contributed by atoms with Crippen molar-refractivity contribution < 1.29 is 4.79 Å². The summed E-state index contributed by atoms with van der Waals surface area (Å²) in [5, 5.41) is 19.4. The minimum Gasteiger partial charge on any atom is -0.338 e. The summed E-state index contributed by atoms with van der Waals surface area (Å²) in [6.45, 7) is 8.63. The zero-order valence-corrected chi connectivity index (χ0v) is 22.3. The Morgan fingerprint density at radius 1 is 0.974 bits per heavy atom. The van der Waals surface area contributed by atoms with Crippen LogP contribution in [-0.2, 0) is 0 Å². The van der Waals surface area contributed by atoms with Gasteiger partial charge in [-0.1, -0.05) is 36.8 Å². The van der Waals surface area contributed by atoms with Gasteiger partial charge in [-0.3, -0.25) is 5.10 Å². The van der Waals surface area contributed by atoms with Crippen molar-refractivity contribution in [2.45, 2.75) is 52.9 Å². The number of aromatic amines is 1. The first-order valence-corrected chi connectivity index (χ1v) is 12.9. The summed E-state index contributed by atoms with van der Waals surface area (Å²) >= 11 is 0. The summed E-state index contributed by atoms with van der Waals surface area (Å²) < 4.78 is 0. The van der Waals surface area contributed by atoms with Crippen LogP contribution >= 0.6 is 0 Å². The van der Waals surface area contributed by atoms with E-state index >= 15 is 0 Å². The number of allylic oxidation sites excluding steroid dienone is 6. The van der Waals surface area contributed by atoms with E-state index in [2.05, 4.69) is 66.3 Å². The van der Waals surface area contributed by atoms with Gasteiger partial charge >= 0.3 is 6.03 Å². The number of H-pyrrole nitrogens is 1. The van der Waals surface area contributed by atoms with Crippen LogP contribution in [0.4, 0.5) is 33.9 Å². The minimum absolute atomic E-state index is 0.245. The number of hydrogen-bond acceptors (Lipinski definition) is 7. The maximum atomic E-state index is 11.8. The maximum Gasteiger partial charge on any atom is 0.319 e. The molecule has 198 valence electrons. The molecule has 0 spiro atoms. The predicted octanol–water partition coefficient (Wildman–Crippen LogP) is 6.42. The second kappa shape index (κ2) is 12.7. The van der Waals surface area contributed by atoms with Crippen LogP contribution in [0, 0.1) is 0 Å². The Hall–Kier alpha value is -4.47. The molecule has 0 radical (unpaired) electrons. The van der Waals surface area contributed by atoms with Gasteiger partial charge < -0.3 is 21.3 Å². The highest BCUT2D eigenvalue weighted by atomic mass is 16.2. The topological polar surface area (TPSA) is 133 Å². The summed E-state index contributed by atoms with van der Waals surface area (Å²) in [5.74, 6) is 2.55. The van der Waals surface area contributed by atoms with Gasteiger partial charge in [0.05, 0.1) is 0 Å². The lowest BCUT2D eigenvalue weighted by atomic mass is 10.2. The largest absolute Gasteiger partial charge is 0.338 e. The first-order valence-electron chi connectivity index (χ1n) is 12.9. The number of carbonyl (C=O) groups excluding carboxylic acids is 1. The summed E-state index contributed by atoms with van der Waals surface area (Å²) in [6.07, 6.45) is 11.5. The molecule has 3 aromatic rings. The van der Waals surface area contributed by atoms with Gasteiger partial charge in [-0.25, -0.2) is 4.79 Å². The third kappa shape index (κ3) is 7.76. The standard InChI is InChI=1S/C28H35N9O/c1-5-18(3)9-7-8-10-19(4)25-33-26(30-21-13-15-22(16-14-21)31-28(38)29-6-2)35-27(34-25)32-24-17-23(36-37-24)20-11-12-20/h7-10,13-17,20H,5-6,11-12H2,1-4H3,(H2,29,31,38)(H3,30,32,33,34,35,36,37)/b8-7-,18-9?,19-10+. The molecule has 1 fully saturated rings. The second-order valence-electron chi connectivity index (χ2n) is 9.20. The molecule has 2 aromatic heterocycles. The molecule has 4 rings (SSSR count). The van der Waals surface area contributed by atoms with Crippen molar-refractivity contribution >= 4 is 40.7 Å². The van der Waals surface area contributed by atoms with Crippen LogP contribution in [0.3, 0.4) is 0 Å². The van der Waals surface area contributed by atoms with E-state index in [4.69, 9.17) is 0 Å². The molecule has 5 N–H and O–H groups in total. The number of urea groups is 1. The third-order valence-corrected chi connectivity index (χ3v) is 5.97. The molecule has 1 saturated carbocycles. The van der Waals surface area contributed by atoms with E-state index in [1.807, 2.05) is 62.4 Å². The average molecular weight is 514 g/mol. The molecule has 0 bridgehead atoms. The van der Waals surface area contributed by atoms with Gasteiger partial charge in [-0.2, -0.15) is 20.1 Å².